The van der Waals surface area contributed by atoms with Crippen molar-refractivity contribution in [2.75, 3.05) is 18.8 Å². The number of aromatic amines is 1. The van der Waals surface area contributed by atoms with Crippen molar-refractivity contribution >= 4 is 17.7 Å². The number of aromatic nitrogens is 3. The average molecular weight is 441 g/mol. The molecule has 1 fully saturated rings. The van der Waals surface area contributed by atoms with E-state index in [1.165, 1.54) is 10.6 Å². The van der Waals surface area contributed by atoms with E-state index in [2.05, 4.69) is 10.2 Å². The van der Waals surface area contributed by atoms with E-state index in [0.29, 0.717) is 25.2 Å². The highest BCUT2D eigenvalue weighted by Crippen LogP contribution is 2.23. The molecule has 1 saturated heterocycles. The smallest absolute Gasteiger partial charge is 0.342 e. The number of benzene rings is 2. The van der Waals surface area contributed by atoms with E-state index >= 15 is 0 Å². The van der Waals surface area contributed by atoms with Crippen molar-refractivity contribution < 1.29 is 9.18 Å². The quantitative estimate of drug-likeness (QED) is 0.569. The number of likely N-dealkylation sites (tertiary alicyclic amines) is 1. The zero-order chi connectivity index (χ0) is 21.6. The fourth-order valence-electron chi connectivity index (χ4n) is 4.00. The number of thioether (sulfide) groups is 1. The monoisotopic (exact) mass is 440 g/mol. The van der Waals surface area contributed by atoms with Crippen molar-refractivity contribution in [2.45, 2.75) is 30.6 Å². The van der Waals surface area contributed by atoms with Crippen LogP contribution in [0.3, 0.4) is 0 Å². The van der Waals surface area contributed by atoms with E-state index in [4.69, 9.17) is 0 Å². The van der Waals surface area contributed by atoms with Crippen LogP contribution in [0.15, 0.2) is 64.3 Å². The summed E-state index contributed by atoms with van der Waals surface area (Å²) in [6.45, 7) is 1.39. The van der Waals surface area contributed by atoms with Crippen LogP contribution in [0.4, 0.5) is 4.39 Å². The fourth-order valence-corrected chi connectivity index (χ4v) is 4.86. The number of hydrogen-bond acceptors (Lipinski definition) is 4. The zero-order valence-electron chi connectivity index (χ0n) is 17.2. The molecule has 0 radical (unpaired) electrons. The molecule has 2 aromatic carbocycles. The van der Waals surface area contributed by atoms with Crippen molar-refractivity contribution in [2.24, 2.45) is 5.92 Å². The number of carbonyl (C=O) groups is 1. The Morgan fingerprint density at radius 2 is 1.94 bits per heavy atom. The molecule has 1 amide bonds. The fraction of sp³-hybridized carbons (Fsp3) is 0.348. The molecule has 1 atom stereocenters. The summed E-state index contributed by atoms with van der Waals surface area (Å²) in [7, 11) is 0. The van der Waals surface area contributed by atoms with E-state index < -0.39 is 11.5 Å². The van der Waals surface area contributed by atoms with Gasteiger partial charge in [0.2, 0.25) is 5.91 Å². The van der Waals surface area contributed by atoms with E-state index in [1.807, 2.05) is 35.2 Å². The molecule has 1 N–H and O–H groups in total. The standard InChI is InChI=1S/C23H25FN4O2S/c24-19-10-4-5-11-20(19)28-21(25-26-23(28)30)15-17-7-6-13-27(16-17)22(29)12-14-31-18-8-2-1-3-9-18/h1-5,8-11,17H,6-7,12-16H2,(H,26,30)/t17-/m1/s1. The first-order valence-electron chi connectivity index (χ1n) is 10.5. The largest absolute Gasteiger partial charge is 0.348 e. The molecule has 1 aliphatic heterocycles. The van der Waals surface area contributed by atoms with Crippen LogP contribution in [-0.2, 0) is 11.2 Å². The van der Waals surface area contributed by atoms with Crippen molar-refractivity contribution in [3.05, 3.63) is 76.7 Å². The zero-order valence-corrected chi connectivity index (χ0v) is 18.0. The second-order valence-corrected chi connectivity index (χ2v) is 8.86. The Hall–Kier alpha value is -2.87. The normalized spacial score (nSPS) is 16.4. The number of nitrogens with zero attached hydrogens (tertiary/aromatic N) is 3. The molecule has 162 valence electrons. The third-order valence-corrected chi connectivity index (χ3v) is 6.52. The first kappa shape index (κ1) is 21.4. The number of rotatable bonds is 7. The Balaban J connectivity index is 1.37. The number of para-hydroxylation sites is 1. The summed E-state index contributed by atoms with van der Waals surface area (Å²) in [5, 5.41) is 6.57. The van der Waals surface area contributed by atoms with Gasteiger partial charge in [0.05, 0.1) is 5.69 Å². The third kappa shape index (κ3) is 5.25. The molecule has 1 aliphatic rings. The van der Waals surface area contributed by atoms with Crippen LogP contribution in [0.1, 0.15) is 25.1 Å². The van der Waals surface area contributed by atoms with Crippen LogP contribution in [0, 0.1) is 11.7 Å². The van der Waals surface area contributed by atoms with E-state index in [9.17, 15) is 14.0 Å². The van der Waals surface area contributed by atoms with Crippen molar-refractivity contribution in [1.82, 2.24) is 19.7 Å². The highest BCUT2D eigenvalue weighted by Gasteiger charge is 2.26. The molecule has 3 aromatic rings. The van der Waals surface area contributed by atoms with Gasteiger partial charge >= 0.3 is 5.69 Å². The molecule has 0 bridgehead atoms. The van der Waals surface area contributed by atoms with E-state index in [0.717, 1.165) is 30.0 Å². The van der Waals surface area contributed by atoms with Gasteiger partial charge < -0.3 is 4.90 Å². The van der Waals surface area contributed by atoms with Gasteiger partial charge in [0.15, 0.2) is 0 Å². The van der Waals surface area contributed by atoms with Gasteiger partial charge in [-0.1, -0.05) is 30.3 Å². The topological polar surface area (TPSA) is 71.0 Å². The van der Waals surface area contributed by atoms with Gasteiger partial charge in [0, 0.05) is 36.6 Å². The van der Waals surface area contributed by atoms with Gasteiger partial charge in [-0.2, -0.15) is 5.10 Å². The van der Waals surface area contributed by atoms with Gasteiger partial charge in [0.1, 0.15) is 11.6 Å². The molecule has 1 aromatic heterocycles. The molecule has 31 heavy (non-hydrogen) atoms. The molecule has 0 saturated carbocycles. The minimum absolute atomic E-state index is 0.154. The summed E-state index contributed by atoms with van der Waals surface area (Å²) >= 11 is 1.68. The lowest BCUT2D eigenvalue weighted by molar-refractivity contribution is -0.132. The summed E-state index contributed by atoms with van der Waals surface area (Å²) in [6.07, 6.45) is 2.86. The molecule has 0 aliphatic carbocycles. The third-order valence-electron chi connectivity index (χ3n) is 5.51. The molecule has 2 heterocycles. The predicted molar refractivity (Wildman–Crippen MR) is 119 cm³/mol. The van der Waals surface area contributed by atoms with Crippen LogP contribution < -0.4 is 5.69 Å². The second-order valence-electron chi connectivity index (χ2n) is 7.70. The number of halogens is 1. The summed E-state index contributed by atoms with van der Waals surface area (Å²) in [5.41, 5.74) is -0.264. The number of amides is 1. The Kier molecular flexibility index (Phi) is 6.86. The highest BCUT2D eigenvalue weighted by atomic mass is 32.2. The molecule has 8 heteroatoms. The maximum absolute atomic E-state index is 14.2. The Morgan fingerprint density at radius 1 is 1.16 bits per heavy atom. The maximum Gasteiger partial charge on any atom is 0.348 e. The van der Waals surface area contributed by atoms with Crippen LogP contribution >= 0.6 is 11.8 Å². The molecule has 6 nitrogen and oxygen atoms in total. The number of hydrogen-bond donors (Lipinski definition) is 1. The van der Waals surface area contributed by atoms with E-state index in [-0.39, 0.29) is 17.5 Å². The van der Waals surface area contributed by atoms with Crippen LogP contribution in [0.2, 0.25) is 0 Å². The Morgan fingerprint density at radius 3 is 2.74 bits per heavy atom. The Bertz CT molecular complexity index is 1080. The number of piperidine rings is 1. The van der Waals surface area contributed by atoms with Crippen LogP contribution in [0.25, 0.3) is 5.69 Å². The molecule has 4 rings (SSSR count). The van der Waals surface area contributed by atoms with Gasteiger partial charge in [-0.25, -0.2) is 18.9 Å². The summed E-state index contributed by atoms with van der Waals surface area (Å²) in [5.74, 6) is 1.11. The summed E-state index contributed by atoms with van der Waals surface area (Å²) < 4.78 is 15.5. The average Bonchev–Trinajstić information content (AvgIpc) is 3.14. The first-order chi connectivity index (χ1) is 15.1. The minimum Gasteiger partial charge on any atom is -0.342 e. The summed E-state index contributed by atoms with van der Waals surface area (Å²) in [6, 6.07) is 16.2. The van der Waals surface area contributed by atoms with Gasteiger partial charge in [-0.15, -0.1) is 11.8 Å². The van der Waals surface area contributed by atoms with Gasteiger partial charge in [-0.05, 0) is 43.0 Å². The van der Waals surface area contributed by atoms with Crippen LogP contribution in [0.5, 0.6) is 0 Å². The molecule has 0 unspecified atom stereocenters. The van der Waals surface area contributed by atoms with Crippen molar-refractivity contribution in [3.63, 3.8) is 0 Å². The number of carbonyl (C=O) groups excluding carboxylic acids is 1. The lowest BCUT2D eigenvalue weighted by atomic mass is 9.94. The SMILES string of the molecule is O=C(CCSc1ccccc1)N1CCC[C@H](Cc2n[nH]c(=O)n2-c2ccccc2F)C1. The highest BCUT2D eigenvalue weighted by molar-refractivity contribution is 7.99. The second kappa shape index (κ2) is 9.96. The number of nitrogens with one attached hydrogen (secondary N) is 1. The van der Waals surface area contributed by atoms with Gasteiger partial charge in [0.25, 0.3) is 0 Å². The maximum atomic E-state index is 14.2. The minimum atomic E-state index is -0.469. The van der Waals surface area contributed by atoms with Crippen LogP contribution in [-0.4, -0.2) is 44.4 Å². The van der Waals surface area contributed by atoms with Crippen molar-refractivity contribution in [3.8, 4) is 5.69 Å². The number of H-pyrrole nitrogens is 1. The van der Waals surface area contributed by atoms with Crippen molar-refractivity contribution in [1.29, 1.82) is 0 Å². The predicted octanol–water partition coefficient (Wildman–Crippen LogP) is 3.66. The Labute approximate surface area is 184 Å². The van der Waals surface area contributed by atoms with Gasteiger partial charge in [-0.3, -0.25) is 4.79 Å². The molecular weight excluding hydrogens is 415 g/mol. The molecular formula is C23H25FN4O2S. The summed E-state index contributed by atoms with van der Waals surface area (Å²) in [4.78, 5) is 28.0. The van der Waals surface area contributed by atoms with E-state index in [1.54, 1.807) is 30.0 Å². The first-order valence-corrected chi connectivity index (χ1v) is 11.5. The molecule has 0 spiro atoms. The lowest BCUT2D eigenvalue weighted by Gasteiger charge is -2.32. The lowest BCUT2D eigenvalue weighted by Crippen LogP contribution is -2.41.